The van der Waals surface area contributed by atoms with Gasteiger partial charge in [-0.2, -0.15) is 0 Å². The lowest BCUT2D eigenvalue weighted by Crippen LogP contribution is -2.54. The predicted octanol–water partition coefficient (Wildman–Crippen LogP) is 3.08. The minimum absolute atomic E-state index is 0.00948. The molecule has 0 spiro atoms. The van der Waals surface area contributed by atoms with E-state index in [-0.39, 0.29) is 35.7 Å². The number of carbonyl (C=O) groups excluding carboxylic acids is 1. The second kappa shape index (κ2) is 10.6. The van der Waals surface area contributed by atoms with E-state index in [9.17, 15) is 18.8 Å². The third-order valence-corrected chi connectivity index (χ3v) is 6.56. The molecule has 184 valence electrons. The Bertz CT molecular complexity index is 1290. The van der Waals surface area contributed by atoms with Gasteiger partial charge in [-0.3, -0.25) is 19.3 Å². The summed E-state index contributed by atoms with van der Waals surface area (Å²) in [6.45, 7) is 4.49. The van der Waals surface area contributed by atoms with Crippen molar-refractivity contribution in [3.05, 3.63) is 78.8 Å². The lowest BCUT2D eigenvalue weighted by molar-refractivity contribution is -0.137. The number of nitrogens with zero attached hydrogens (tertiary/aromatic N) is 2. The van der Waals surface area contributed by atoms with E-state index >= 15 is 0 Å². The van der Waals surface area contributed by atoms with Gasteiger partial charge in [-0.1, -0.05) is 28.1 Å². The first-order valence-corrected chi connectivity index (χ1v) is 12.0. The van der Waals surface area contributed by atoms with Gasteiger partial charge in [0.1, 0.15) is 22.9 Å². The molecule has 1 amide bonds. The van der Waals surface area contributed by atoms with Crippen molar-refractivity contribution in [2.75, 3.05) is 43.9 Å². The fraction of sp³-hybridized carbons (Fsp3) is 0.320. The summed E-state index contributed by atoms with van der Waals surface area (Å²) in [6, 6.07) is 11.6. The highest BCUT2D eigenvalue weighted by molar-refractivity contribution is 9.10. The topological polar surface area (TPSA) is 91.0 Å². The first kappa shape index (κ1) is 24.9. The number of anilines is 3. The van der Waals surface area contributed by atoms with Crippen LogP contribution in [0, 0.1) is 5.82 Å². The van der Waals surface area contributed by atoms with E-state index in [4.69, 9.17) is 4.74 Å². The monoisotopic (exact) mass is 544 g/mol. The van der Waals surface area contributed by atoms with Gasteiger partial charge in [-0.15, -0.1) is 0 Å². The van der Waals surface area contributed by atoms with Crippen molar-refractivity contribution in [2.24, 2.45) is 0 Å². The number of carbonyl (C=O) groups is 1. The number of piperazine rings is 1. The highest BCUT2D eigenvalue weighted by Gasteiger charge is 2.28. The lowest BCUT2D eigenvalue weighted by Gasteiger charge is -2.39. The minimum atomic E-state index is -0.608. The first-order chi connectivity index (χ1) is 16.8. The Kier molecular flexibility index (Phi) is 7.51. The van der Waals surface area contributed by atoms with Crippen LogP contribution in [0.2, 0.25) is 0 Å². The maximum absolute atomic E-state index is 13.1. The molecule has 0 radical (unpaired) electrons. The Labute approximate surface area is 210 Å². The Morgan fingerprint density at radius 2 is 1.83 bits per heavy atom. The molecule has 1 saturated heterocycles. The first-order valence-electron chi connectivity index (χ1n) is 11.2. The number of amides is 1. The molecule has 1 aliphatic heterocycles. The molecule has 2 N–H and O–H groups in total. The van der Waals surface area contributed by atoms with E-state index in [1.165, 1.54) is 12.1 Å². The maximum Gasteiger partial charge on any atom is 0.260 e. The number of hydrogen-bond donors (Lipinski definition) is 2. The highest BCUT2D eigenvalue weighted by atomic mass is 79.9. The molecule has 1 aliphatic rings. The van der Waals surface area contributed by atoms with E-state index in [1.807, 2.05) is 6.92 Å². The molecular weight excluding hydrogens is 519 g/mol. The van der Waals surface area contributed by atoms with Crippen molar-refractivity contribution in [1.29, 1.82) is 0 Å². The summed E-state index contributed by atoms with van der Waals surface area (Å²) in [6.07, 6.45) is 0. The quantitative estimate of drug-likeness (QED) is 0.421. The zero-order valence-corrected chi connectivity index (χ0v) is 21.0. The van der Waals surface area contributed by atoms with Crippen molar-refractivity contribution in [1.82, 2.24) is 9.80 Å². The zero-order chi connectivity index (χ0) is 25.1. The number of ether oxygens (including phenoxy) is 1. The molecule has 3 aromatic carbocycles. The van der Waals surface area contributed by atoms with E-state index < -0.39 is 10.9 Å². The summed E-state index contributed by atoms with van der Waals surface area (Å²) in [5.41, 5.74) is 0.689. The lowest BCUT2D eigenvalue weighted by atomic mass is 10.1. The van der Waals surface area contributed by atoms with Crippen LogP contribution < -0.4 is 26.2 Å². The van der Waals surface area contributed by atoms with Crippen LogP contribution in [0.5, 0.6) is 5.75 Å². The smallest absolute Gasteiger partial charge is 0.260 e. The van der Waals surface area contributed by atoms with Crippen molar-refractivity contribution in [3.63, 3.8) is 0 Å². The molecule has 0 aliphatic carbocycles. The molecule has 0 bridgehead atoms. The molecule has 1 heterocycles. The highest BCUT2D eigenvalue weighted by Crippen LogP contribution is 2.32. The Balaban J connectivity index is 1.36. The van der Waals surface area contributed by atoms with Gasteiger partial charge >= 0.3 is 0 Å². The Morgan fingerprint density at radius 1 is 1.11 bits per heavy atom. The average molecular weight is 545 g/mol. The number of hydrogen-bond acceptors (Lipinski definition) is 7. The van der Waals surface area contributed by atoms with Crippen LogP contribution in [0.15, 0.2) is 56.5 Å². The van der Waals surface area contributed by atoms with Gasteiger partial charge in [0, 0.05) is 43.7 Å². The summed E-state index contributed by atoms with van der Waals surface area (Å²) in [4.78, 5) is 40.6. The summed E-state index contributed by atoms with van der Waals surface area (Å²) >= 11 is 3.39. The molecule has 8 nitrogen and oxygen atoms in total. The summed E-state index contributed by atoms with van der Waals surface area (Å²) in [7, 11) is 1.57. The van der Waals surface area contributed by atoms with Crippen molar-refractivity contribution >= 4 is 38.9 Å². The molecule has 0 unspecified atom stereocenters. The molecule has 4 rings (SSSR count). The van der Waals surface area contributed by atoms with E-state index in [0.717, 1.165) is 10.0 Å². The number of benzene rings is 2. The van der Waals surface area contributed by atoms with Crippen LogP contribution in [0.4, 0.5) is 21.5 Å². The van der Waals surface area contributed by atoms with Gasteiger partial charge in [-0.05, 0) is 42.8 Å². The molecule has 3 aromatic rings. The van der Waals surface area contributed by atoms with Crippen LogP contribution in [0.25, 0.3) is 0 Å². The molecule has 35 heavy (non-hydrogen) atoms. The fourth-order valence-electron chi connectivity index (χ4n) is 4.23. The average Bonchev–Trinajstić information content (AvgIpc) is 2.84. The fourth-order valence-corrected chi connectivity index (χ4v) is 4.59. The van der Waals surface area contributed by atoms with Gasteiger partial charge < -0.3 is 20.3 Å². The maximum atomic E-state index is 13.1. The van der Waals surface area contributed by atoms with Crippen LogP contribution in [-0.4, -0.2) is 55.0 Å². The van der Waals surface area contributed by atoms with Gasteiger partial charge in [0.15, 0.2) is 6.61 Å². The second-order valence-electron chi connectivity index (χ2n) is 8.51. The van der Waals surface area contributed by atoms with Crippen LogP contribution in [-0.2, 0) is 11.3 Å². The van der Waals surface area contributed by atoms with Crippen molar-refractivity contribution in [2.45, 2.75) is 19.5 Å². The van der Waals surface area contributed by atoms with Crippen LogP contribution >= 0.6 is 15.9 Å². The van der Waals surface area contributed by atoms with E-state index in [2.05, 4.69) is 31.5 Å². The van der Waals surface area contributed by atoms with Crippen LogP contribution in [0.1, 0.15) is 12.5 Å². The minimum Gasteiger partial charge on any atom is -0.482 e. The molecule has 1 fully saturated rings. The van der Waals surface area contributed by atoms with Gasteiger partial charge in [0.25, 0.3) is 16.8 Å². The third-order valence-electron chi connectivity index (χ3n) is 6.06. The molecule has 1 atom stereocenters. The Hall–Kier alpha value is -3.24. The second-order valence-corrected chi connectivity index (χ2v) is 9.43. The van der Waals surface area contributed by atoms with Gasteiger partial charge in [0.2, 0.25) is 0 Å². The standard InChI is InChI=1S/C25H26BrFN4O4/c1-15-12-30(13-16-3-6-18(27)7-4-16)9-10-31(15)21(32)14-35-20-8-5-17(26)11-19(20)29-23-22(28-2)24(33)25(23)34/h3-8,11,15,28-29H,9-10,12-14H2,1-2H3/t15-/m1/s1. The predicted molar refractivity (Wildman–Crippen MR) is 137 cm³/mol. The molecule has 0 aromatic heterocycles. The molecular formula is C25H26BrFN4O4. The van der Waals surface area contributed by atoms with E-state index in [0.29, 0.717) is 37.6 Å². The summed E-state index contributed by atoms with van der Waals surface area (Å²) in [5, 5.41) is 5.67. The van der Waals surface area contributed by atoms with Crippen LogP contribution in [0.3, 0.4) is 0 Å². The molecule has 10 heteroatoms. The van der Waals surface area contributed by atoms with E-state index in [1.54, 1.807) is 42.3 Å². The normalized spacial score (nSPS) is 16.3. The largest absolute Gasteiger partial charge is 0.482 e. The van der Waals surface area contributed by atoms with Crippen molar-refractivity contribution in [3.8, 4) is 5.75 Å². The number of nitrogens with one attached hydrogen (secondary N) is 2. The van der Waals surface area contributed by atoms with Gasteiger partial charge in [-0.25, -0.2) is 4.39 Å². The van der Waals surface area contributed by atoms with Gasteiger partial charge in [0.05, 0.1) is 5.69 Å². The number of halogens is 2. The third kappa shape index (κ3) is 5.54. The van der Waals surface area contributed by atoms with Crippen molar-refractivity contribution < 1.29 is 13.9 Å². The summed E-state index contributed by atoms with van der Waals surface area (Å²) < 4.78 is 19.7. The summed E-state index contributed by atoms with van der Waals surface area (Å²) in [5.74, 6) is -0.00860. The zero-order valence-electron chi connectivity index (χ0n) is 19.4. The molecule has 0 saturated carbocycles. The SMILES string of the molecule is CNc1c(Nc2cc(Br)ccc2OCC(=O)N2CCN(Cc3ccc(F)cc3)C[C@H]2C)c(=O)c1=O. The number of rotatable bonds is 8. The Morgan fingerprint density at radius 3 is 2.51 bits per heavy atom.